The number of hydrogen-bond donors (Lipinski definition) is 2. The molecule has 0 amide bonds. The Morgan fingerprint density at radius 3 is 2.90 bits per heavy atom. The lowest BCUT2D eigenvalue weighted by atomic mass is 10.0. The number of aryl methyl sites for hydroxylation is 2. The van der Waals surface area contributed by atoms with E-state index in [0.29, 0.717) is 18.8 Å². The molecule has 1 aliphatic heterocycles. The van der Waals surface area contributed by atoms with Gasteiger partial charge in [0.15, 0.2) is 11.8 Å². The molecule has 3 rings (SSSR count). The van der Waals surface area contributed by atoms with Crippen LogP contribution in [0.1, 0.15) is 36.5 Å². The molecule has 0 saturated carbocycles. The third-order valence-corrected chi connectivity index (χ3v) is 5.58. The average Bonchev–Trinajstić information content (AvgIpc) is 3.09. The van der Waals surface area contributed by atoms with E-state index >= 15 is 0 Å². The Kier molecular flexibility index (Phi) is 8.22. The topological polar surface area (TPSA) is 79.6 Å². The number of nitrogens with one attached hydrogen (secondary N) is 2. The van der Waals surface area contributed by atoms with Crippen LogP contribution in [-0.2, 0) is 18.3 Å². The predicted molar refractivity (Wildman–Crippen MR) is 121 cm³/mol. The van der Waals surface area contributed by atoms with E-state index < -0.39 is 0 Å². The number of methoxy groups -OCH3 is 1. The van der Waals surface area contributed by atoms with E-state index in [1.807, 2.05) is 31.5 Å². The van der Waals surface area contributed by atoms with Gasteiger partial charge in [-0.3, -0.25) is 0 Å². The van der Waals surface area contributed by atoms with Gasteiger partial charge in [-0.2, -0.15) is 0 Å². The second kappa shape index (κ2) is 11.1. The molecule has 0 radical (unpaired) electrons. The molecule has 2 aromatic rings. The molecule has 31 heavy (non-hydrogen) atoms. The first-order chi connectivity index (χ1) is 15.0. The van der Waals surface area contributed by atoms with Crippen molar-refractivity contribution in [2.75, 3.05) is 38.3 Å². The number of nitrogens with zero attached hydrogens (tertiary/aromatic N) is 5. The lowest BCUT2D eigenvalue weighted by Gasteiger charge is -2.35. The summed E-state index contributed by atoms with van der Waals surface area (Å²) in [6, 6.07) is 5.45. The minimum absolute atomic E-state index is 0.170. The van der Waals surface area contributed by atoms with Crippen molar-refractivity contribution in [2.45, 2.75) is 45.7 Å². The zero-order valence-corrected chi connectivity index (χ0v) is 19.0. The van der Waals surface area contributed by atoms with Gasteiger partial charge in [0.2, 0.25) is 0 Å². The number of aliphatic imine (C=N–C) groups is 1. The minimum Gasteiger partial charge on any atom is -0.385 e. The first kappa shape index (κ1) is 23.0. The number of ether oxygens (including phenoxy) is 1. The standard InChI is InChI=1S/C22H34FN7O/c1-16-8-9-19(23)20(13-16)30-11-5-7-18(15-30)26-22(24-10-6-12-31-4)25-14-21-28-27-17(2)29(21)3/h8-9,13,18H,5-7,10-12,14-15H2,1-4H3,(H2,24,25,26). The molecule has 1 atom stereocenters. The molecule has 1 aliphatic rings. The van der Waals surface area contributed by atoms with Crippen LogP contribution in [0.15, 0.2) is 23.2 Å². The number of rotatable bonds is 8. The molecule has 1 aromatic heterocycles. The molecule has 1 saturated heterocycles. The highest BCUT2D eigenvalue weighted by atomic mass is 19.1. The van der Waals surface area contributed by atoms with Crippen molar-refractivity contribution < 1.29 is 9.13 Å². The molecule has 1 fully saturated rings. The molecule has 2 N–H and O–H groups in total. The quantitative estimate of drug-likeness (QED) is 0.379. The summed E-state index contributed by atoms with van der Waals surface area (Å²) in [4.78, 5) is 6.85. The van der Waals surface area contributed by atoms with E-state index in [0.717, 1.165) is 62.1 Å². The lowest BCUT2D eigenvalue weighted by molar-refractivity contribution is 0.195. The molecular weight excluding hydrogens is 397 g/mol. The molecule has 0 aliphatic carbocycles. The normalized spacial score (nSPS) is 17.1. The summed E-state index contributed by atoms with van der Waals surface area (Å²) in [5.41, 5.74) is 1.74. The summed E-state index contributed by atoms with van der Waals surface area (Å²) in [6.07, 6.45) is 2.88. The number of anilines is 1. The van der Waals surface area contributed by atoms with Crippen LogP contribution in [-0.4, -0.2) is 60.1 Å². The summed E-state index contributed by atoms with van der Waals surface area (Å²) in [5, 5.41) is 15.2. The third-order valence-electron chi connectivity index (χ3n) is 5.58. The highest BCUT2D eigenvalue weighted by Crippen LogP contribution is 2.24. The summed E-state index contributed by atoms with van der Waals surface area (Å²) in [6.45, 7) is 7.36. The maximum atomic E-state index is 14.4. The monoisotopic (exact) mass is 431 g/mol. The van der Waals surface area contributed by atoms with Crippen molar-refractivity contribution in [1.29, 1.82) is 0 Å². The van der Waals surface area contributed by atoms with Crippen LogP contribution in [0.4, 0.5) is 10.1 Å². The van der Waals surface area contributed by atoms with Crippen LogP contribution < -0.4 is 15.5 Å². The fourth-order valence-corrected chi connectivity index (χ4v) is 3.69. The number of halogens is 1. The van der Waals surface area contributed by atoms with E-state index in [1.54, 1.807) is 19.2 Å². The second-order valence-corrected chi connectivity index (χ2v) is 8.04. The van der Waals surface area contributed by atoms with Crippen molar-refractivity contribution in [3.05, 3.63) is 41.2 Å². The van der Waals surface area contributed by atoms with E-state index in [4.69, 9.17) is 9.73 Å². The highest BCUT2D eigenvalue weighted by Gasteiger charge is 2.23. The Morgan fingerprint density at radius 2 is 2.16 bits per heavy atom. The summed E-state index contributed by atoms with van der Waals surface area (Å²) in [5.74, 6) is 2.22. The summed E-state index contributed by atoms with van der Waals surface area (Å²) >= 11 is 0. The predicted octanol–water partition coefficient (Wildman–Crippen LogP) is 2.31. The molecule has 170 valence electrons. The van der Waals surface area contributed by atoms with Crippen LogP contribution in [0.25, 0.3) is 0 Å². The molecule has 1 unspecified atom stereocenters. The Balaban J connectivity index is 1.67. The lowest BCUT2D eigenvalue weighted by Crippen LogP contribution is -2.51. The molecule has 1 aromatic carbocycles. The van der Waals surface area contributed by atoms with E-state index in [2.05, 4.69) is 25.7 Å². The maximum absolute atomic E-state index is 14.4. The first-order valence-corrected chi connectivity index (χ1v) is 10.9. The average molecular weight is 432 g/mol. The van der Waals surface area contributed by atoms with Gasteiger partial charge in [0, 0.05) is 46.4 Å². The van der Waals surface area contributed by atoms with Crippen LogP contribution in [0.5, 0.6) is 0 Å². The van der Waals surface area contributed by atoms with Gasteiger partial charge < -0.3 is 24.8 Å². The zero-order valence-electron chi connectivity index (χ0n) is 19.0. The molecule has 0 bridgehead atoms. The van der Waals surface area contributed by atoms with E-state index in [9.17, 15) is 4.39 Å². The van der Waals surface area contributed by atoms with Gasteiger partial charge in [0.1, 0.15) is 18.2 Å². The summed E-state index contributed by atoms with van der Waals surface area (Å²) in [7, 11) is 3.64. The maximum Gasteiger partial charge on any atom is 0.191 e. The highest BCUT2D eigenvalue weighted by molar-refractivity contribution is 5.80. The van der Waals surface area contributed by atoms with Crippen LogP contribution in [0.3, 0.4) is 0 Å². The Hall–Kier alpha value is -2.68. The molecule has 9 heteroatoms. The number of aromatic nitrogens is 3. The van der Waals surface area contributed by atoms with Gasteiger partial charge in [-0.15, -0.1) is 10.2 Å². The Labute approximate surface area is 183 Å². The molecular formula is C22H34FN7O. The number of piperidine rings is 1. The molecule has 0 spiro atoms. The van der Waals surface area contributed by atoms with E-state index in [-0.39, 0.29) is 11.9 Å². The smallest absolute Gasteiger partial charge is 0.191 e. The number of hydrogen-bond acceptors (Lipinski definition) is 5. The SMILES string of the molecule is COCCCNC(=NCc1nnc(C)n1C)NC1CCCN(c2cc(C)ccc2F)C1. The van der Waals surface area contributed by atoms with Crippen molar-refractivity contribution in [2.24, 2.45) is 12.0 Å². The first-order valence-electron chi connectivity index (χ1n) is 10.9. The third kappa shape index (κ3) is 6.40. The Morgan fingerprint density at radius 1 is 1.32 bits per heavy atom. The van der Waals surface area contributed by atoms with Crippen LogP contribution in [0, 0.1) is 19.7 Å². The Bertz CT molecular complexity index is 883. The van der Waals surface area contributed by atoms with Crippen LogP contribution in [0.2, 0.25) is 0 Å². The van der Waals surface area contributed by atoms with Gasteiger partial charge in [0.05, 0.1) is 5.69 Å². The van der Waals surface area contributed by atoms with Gasteiger partial charge in [-0.25, -0.2) is 9.38 Å². The fourth-order valence-electron chi connectivity index (χ4n) is 3.69. The minimum atomic E-state index is -0.171. The molecule has 2 heterocycles. The van der Waals surface area contributed by atoms with Gasteiger partial charge >= 0.3 is 0 Å². The van der Waals surface area contributed by atoms with Crippen LogP contribution >= 0.6 is 0 Å². The van der Waals surface area contributed by atoms with Gasteiger partial charge in [0.25, 0.3) is 0 Å². The zero-order chi connectivity index (χ0) is 22.2. The van der Waals surface area contributed by atoms with Gasteiger partial charge in [-0.05, 0) is 50.8 Å². The van der Waals surface area contributed by atoms with Crippen molar-refractivity contribution in [3.63, 3.8) is 0 Å². The molecule has 8 nitrogen and oxygen atoms in total. The largest absolute Gasteiger partial charge is 0.385 e. The number of guanidine groups is 1. The van der Waals surface area contributed by atoms with Gasteiger partial charge in [-0.1, -0.05) is 6.07 Å². The van der Waals surface area contributed by atoms with E-state index in [1.165, 1.54) is 0 Å². The van der Waals surface area contributed by atoms with Crippen molar-refractivity contribution in [1.82, 2.24) is 25.4 Å². The van der Waals surface area contributed by atoms with Crippen molar-refractivity contribution in [3.8, 4) is 0 Å². The number of benzene rings is 1. The second-order valence-electron chi connectivity index (χ2n) is 8.04. The summed E-state index contributed by atoms with van der Waals surface area (Å²) < 4.78 is 21.5. The fraction of sp³-hybridized carbons (Fsp3) is 0.591. The van der Waals surface area contributed by atoms with Crippen molar-refractivity contribution >= 4 is 11.6 Å².